The highest BCUT2D eigenvalue weighted by Gasteiger charge is 2.50. The maximum Gasteiger partial charge on any atom is 0.323 e. The minimum atomic E-state index is -1.18. The van der Waals surface area contributed by atoms with Gasteiger partial charge in [-0.3, -0.25) is 14.5 Å². The Morgan fingerprint density at radius 3 is 2.15 bits per heavy atom. The highest BCUT2D eigenvalue weighted by Crippen LogP contribution is 2.38. The van der Waals surface area contributed by atoms with Gasteiger partial charge in [0.05, 0.1) is 14.2 Å². The van der Waals surface area contributed by atoms with E-state index in [2.05, 4.69) is 42.2 Å². The molecule has 2 aromatic carbocycles. The van der Waals surface area contributed by atoms with Gasteiger partial charge in [0.2, 0.25) is 0 Å². The molecule has 1 atom stereocenters. The van der Waals surface area contributed by atoms with Crippen LogP contribution in [0, 0.1) is 5.41 Å². The number of hydrogen-bond donors (Lipinski definition) is 0. The molecule has 2 aromatic rings. The lowest BCUT2D eigenvalue weighted by molar-refractivity contribution is -0.173. The van der Waals surface area contributed by atoms with E-state index in [0.29, 0.717) is 25.9 Å². The molecule has 138 valence electrons. The van der Waals surface area contributed by atoms with E-state index >= 15 is 0 Å². The average molecular weight is 355 g/mol. The number of ether oxygens (including phenoxy) is 2. The fourth-order valence-corrected chi connectivity index (χ4v) is 3.99. The summed E-state index contributed by atoms with van der Waals surface area (Å²) in [5.74, 6) is -0.997. The minimum Gasteiger partial charge on any atom is -0.468 e. The average Bonchev–Trinajstić information content (AvgIpc) is 2.71. The second-order valence-electron chi connectivity index (χ2n) is 6.85. The Morgan fingerprint density at radius 2 is 1.54 bits per heavy atom. The third-order valence-corrected chi connectivity index (χ3v) is 5.63. The van der Waals surface area contributed by atoms with Crippen LogP contribution in [0.2, 0.25) is 0 Å². The van der Waals surface area contributed by atoms with E-state index in [1.807, 2.05) is 12.1 Å². The number of nitrogens with zero attached hydrogens (tertiary/aromatic N) is 1. The smallest absolute Gasteiger partial charge is 0.323 e. The molecular formula is C21H25NO4. The van der Waals surface area contributed by atoms with Gasteiger partial charge in [0.1, 0.15) is 0 Å². The molecule has 3 rings (SSSR count). The third kappa shape index (κ3) is 3.07. The van der Waals surface area contributed by atoms with Crippen LogP contribution in [0.5, 0.6) is 0 Å². The van der Waals surface area contributed by atoms with Crippen molar-refractivity contribution in [1.82, 2.24) is 4.90 Å². The van der Waals surface area contributed by atoms with Crippen LogP contribution in [-0.4, -0.2) is 44.1 Å². The predicted molar refractivity (Wildman–Crippen MR) is 99.6 cm³/mol. The molecule has 0 aromatic heterocycles. The number of benzene rings is 2. The van der Waals surface area contributed by atoms with Gasteiger partial charge in [-0.05, 0) is 36.1 Å². The molecule has 0 aliphatic carbocycles. The molecule has 5 heteroatoms. The van der Waals surface area contributed by atoms with E-state index in [-0.39, 0.29) is 6.04 Å². The molecule has 0 bridgehead atoms. The summed E-state index contributed by atoms with van der Waals surface area (Å²) in [5, 5.41) is 2.45. The van der Waals surface area contributed by atoms with Crippen LogP contribution < -0.4 is 0 Å². The molecule has 1 fully saturated rings. The van der Waals surface area contributed by atoms with E-state index in [1.165, 1.54) is 30.6 Å². The Hall–Kier alpha value is -2.40. The topological polar surface area (TPSA) is 55.8 Å². The van der Waals surface area contributed by atoms with Crippen molar-refractivity contribution < 1.29 is 19.1 Å². The van der Waals surface area contributed by atoms with Crippen LogP contribution in [0.15, 0.2) is 42.5 Å². The normalized spacial score (nSPS) is 18.3. The van der Waals surface area contributed by atoms with E-state index in [1.54, 1.807) is 0 Å². The number of hydrogen-bond acceptors (Lipinski definition) is 5. The summed E-state index contributed by atoms with van der Waals surface area (Å²) in [4.78, 5) is 26.8. The summed E-state index contributed by atoms with van der Waals surface area (Å²) in [6, 6.07) is 14.9. The molecule has 0 saturated carbocycles. The fraction of sp³-hybridized carbons (Fsp3) is 0.429. The molecule has 1 aliphatic rings. The summed E-state index contributed by atoms with van der Waals surface area (Å²) in [5.41, 5.74) is 0.0742. The number of likely N-dealkylation sites (tertiary alicyclic amines) is 1. The Labute approximate surface area is 153 Å². The molecule has 0 spiro atoms. The van der Waals surface area contributed by atoms with Crippen molar-refractivity contribution >= 4 is 22.7 Å². The van der Waals surface area contributed by atoms with Crippen LogP contribution in [-0.2, 0) is 19.1 Å². The zero-order chi connectivity index (χ0) is 18.7. The maximum absolute atomic E-state index is 12.3. The molecule has 0 unspecified atom stereocenters. The Morgan fingerprint density at radius 1 is 0.962 bits per heavy atom. The first-order valence-corrected chi connectivity index (χ1v) is 8.92. The number of rotatable bonds is 4. The summed E-state index contributed by atoms with van der Waals surface area (Å²) in [6.07, 6.45) is 0.808. The largest absolute Gasteiger partial charge is 0.468 e. The first-order valence-electron chi connectivity index (χ1n) is 8.92. The van der Waals surface area contributed by atoms with Crippen LogP contribution in [0.25, 0.3) is 10.8 Å². The van der Waals surface area contributed by atoms with Gasteiger partial charge >= 0.3 is 11.9 Å². The number of esters is 2. The van der Waals surface area contributed by atoms with E-state index < -0.39 is 17.4 Å². The number of piperidine rings is 1. The Balaban J connectivity index is 1.82. The van der Waals surface area contributed by atoms with Crippen molar-refractivity contribution in [2.24, 2.45) is 5.41 Å². The highest BCUT2D eigenvalue weighted by molar-refractivity contribution is 6.00. The fourth-order valence-electron chi connectivity index (χ4n) is 3.99. The van der Waals surface area contributed by atoms with Crippen molar-refractivity contribution in [3.05, 3.63) is 48.0 Å². The van der Waals surface area contributed by atoms with E-state index in [0.717, 1.165) is 0 Å². The molecule has 26 heavy (non-hydrogen) atoms. The predicted octanol–water partition coefficient (Wildman–Crippen LogP) is 3.33. The van der Waals surface area contributed by atoms with Gasteiger partial charge in [0, 0.05) is 19.1 Å². The first-order chi connectivity index (χ1) is 12.5. The second-order valence-corrected chi connectivity index (χ2v) is 6.85. The van der Waals surface area contributed by atoms with Gasteiger partial charge in [-0.2, -0.15) is 0 Å². The molecular weight excluding hydrogens is 330 g/mol. The summed E-state index contributed by atoms with van der Waals surface area (Å²) >= 11 is 0. The molecule has 0 amide bonds. The molecule has 1 aliphatic heterocycles. The molecule has 0 N–H and O–H groups in total. The lowest BCUT2D eigenvalue weighted by Crippen LogP contribution is -2.50. The van der Waals surface area contributed by atoms with Crippen molar-refractivity contribution in [2.75, 3.05) is 27.3 Å². The molecule has 5 nitrogen and oxygen atoms in total. The molecule has 1 heterocycles. The number of carbonyl (C=O) groups is 2. The van der Waals surface area contributed by atoms with Crippen LogP contribution >= 0.6 is 0 Å². The molecule has 1 saturated heterocycles. The van der Waals surface area contributed by atoms with Crippen LogP contribution in [0.4, 0.5) is 0 Å². The number of carbonyl (C=O) groups excluding carboxylic acids is 2. The van der Waals surface area contributed by atoms with Crippen LogP contribution in [0.3, 0.4) is 0 Å². The van der Waals surface area contributed by atoms with Gasteiger partial charge < -0.3 is 9.47 Å². The van der Waals surface area contributed by atoms with Crippen molar-refractivity contribution in [3.63, 3.8) is 0 Å². The minimum absolute atomic E-state index is 0.189. The standard InChI is InChI=1S/C21H25NO4/c1-15(17-10-6-8-16-7-4-5-9-18(16)17)22-13-11-21(12-14-22,19(23)25-2)20(24)26-3/h4-10,15H,11-14H2,1-3H3/t15-/m1/s1. The van der Waals surface area contributed by atoms with Crippen LogP contribution in [0.1, 0.15) is 31.4 Å². The summed E-state index contributed by atoms with van der Waals surface area (Å²) in [6.45, 7) is 3.44. The van der Waals surface area contributed by atoms with Crippen molar-refractivity contribution in [1.29, 1.82) is 0 Å². The third-order valence-electron chi connectivity index (χ3n) is 5.63. The maximum atomic E-state index is 12.3. The first kappa shape index (κ1) is 18.4. The van der Waals surface area contributed by atoms with Gasteiger partial charge in [-0.1, -0.05) is 42.5 Å². The zero-order valence-electron chi connectivity index (χ0n) is 15.5. The van der Waals surface area contributed by atoms with Gasteiger partial charge in [0.15, 0.2) is 5.41 Å². The van der Waals surface area contributed by atoms with Crippen molar-refractivity contribution in [2.45, 2.75) is 25.8 Å². The highest BCUT2D eigenvalue weighted by atomic mass is 16.5. The van der Waals surface area contributed by atoms with Crippen molar-refractivity contribution in [3.8, 4) is 0 Å². The van der Waals surface area contributed by atoms with Gasteiger partial charge in [-0.25, -0.2) is 0 Å². The second kappa shape index (κ2) is 7.46. The van der Waals surface area contributed by atoms with Gasteiger partial charge in [0.25, 0.3) is 0 Å². The Kier molecular flexibility index (Phi) is 5.28. The molecule has 0 radical (unpaired) electrons. The van der Waals surface area contributed by atoms with E-state index in [4.69, 9.17) is 9.47 Å². The number of fused-ring (bicyclic) bond motifs is 1. The number of methoxy groups -OCH3 is 2. The zero-order valence-corrected chi connectivity index (χ0v) is 15.5. The summed E-state index contributed by atoms with van der Waals surface area (Å²) < 4.78 is 9.79. The van der Waals surface area contributed by atoms with E-state index in [9.17, 15) is 9.59 Å². The SMILES string of the molecule is COC(=O)C1(C(=O)OC)CCN([C@H](C)c2cccc3ccccc23)CC1. The monoisotopic (exact) mass is 355 g/mol. The summed E-state index contributed by atoms with van der Waals surface area (Å²) in [7, 11) is 2.64. The lowest BCUT2D eigenvalue weighted by Gasteiger charge is -2.40. The van der Waals surface area contributed by atoms with Gasteiger partial charge in [-0.15, -0.1) is 0 Å². The Bertz CT molecular complexity index is 785. The quantitative estimate of drug-likeness (QED) is 0.622. The lowest BCUT2D eigenvalue weighted by atomic mass is 9.77.